The van der Waals surface area contributed by atoms with Gasteiger partial charge in [0.15, 0.2) is 0 Å². The number of unbranched alkanes of at least 4 members (excludes halogenated alkanes) is 8. The number of hydrogen-bond acceptors (Lipinski definition) is 2. The van der Waals surface area contributed by atoms with E-state index in [1.807, 2.05) is 0 Å². The topological polar surface area (TPSA) is 9.23 Å². The zero-order chi connectivity index (χ0) is 26.9. The van der Waals surface area contributed by atoms with Crippen LogP contribution in [-0.4, -0.2) is 54.5 Å². The molecule has 0 aromatic carbocycles. The van der Waals surface area contributed by atoms with Crippen LogP contribution < -0.4 is 0 Å². The van der Waals surface area contributed by atoms with E-state index < -0.39 is 55.5 Å². The number of hydrogen-bond donors (Lipinski definition) is 1. The smallest absolute Gasteiger partial charge is 0.381 e. The molecule has 0 aromatic heterocycles. The molecule has 0 fully saturated rings. The number of halogens is 12. The van der Waals surface area contributed by atoms with Gasteiger partial charge in [0.05, 0.1) is 6.61 Å². The van der Waals surface area contributed by atoms with Crippen molar-refractivity contribution >= 4 is 12.6 Å². The van der Waals surface area contributed by atoms with Crippen LogP contribution in [0.1, 0.15) is 71.1 Å². The molecule has 0 N–H and O–H groups in total. The molecule has 0 amide bonds. The van der Waals surface area contributed by atoms with Crippen LogP contribution in [-0.2, 0) is 4.74 Å². The van der Waals surface area contributed by atoms with Crippen molar-refractivity contribution in [3.63, 3.8) is 0 Å². The van der Waals surface area contributed by atoms with E-state index in [0.717, 1.165) is 50.7 Å². The molecule has 0 heterocycles. The van der Waals surface area contributed by atoms with E-state index in [-0.39, 0.29) is 6.61 Å². The Morgan fingerprint density at radius 1 is 0.529 bits per heavy atom. The second-order valence-electron chi connectivity index (χ2n) is 8.20. The molecular formula is C20H30F12OS. The standard InChI is InChI=1S/C20H30F12OS/c1-15(21,20(30,31)32)17(24,25)19(28,29)18(26,27)16(22,23)11-13-33-12-9-7-5-3-2-4-6-8-10-14-34/h34H,2-14H2,1H3/t15-/m0/s1. The van der Waals surface area contributed by atoms with Gasteiger partial charge >= 0.3 is 29.9 Å². The molecule has 0 rings (SSSR count). The highest BCUT2D eigenvalue weighted by Crippen LogP contribution is 2.60. The van der Waals surface area contributed by atoms with Crippen molar-refractivity contribution in [3.8, 4) is 0 Å². The molecule has 0 saturated carbocycles. The third-order valence-electron chi connectivity index (χ3n) is 5.38. The van der Waals surface area contributed by atoms with Gasteiger partial charge in [0.2, 0.25) is 0 Å². The monoisotopic (exact) mass is 546 g/mol. The summed E-state index contributed by atoms with van der Waals surface area (Å²) in [6, 6.07) is 0. The molecule has 206 valence electrons. The Morgan fingerprint density at radius 3 is 1.35 bits per heavy atom. The summed E-state index contributed by atoms with van der Waals surface area (Å²) < 4.78 is 164. The molecule has 0 aliphatic rings. The highest BCUT2D eigenvalue weighted by Gasteiger charge is 2.88. The summed E-state index contributed by atoms with van der Waals surface area (Å²) in [6.45, 7) is -2.57. The number of thiol groups is 1. The maximum atomic E-state index is 13.7. The van der Waals surface area contributed by atoms with Crippen LogP contribution in [0.2, 0.25) is 0 Å². The zero-order valence-electron chi connectivity index (χ0n) is 18.6. The average Bonchev–Trinajstić information content (AvgIpc) is 2.70. The summed E-state index contributed by atoms with van der Waals surface area (Å²) in [5, 5.41) is 0. The maximum absolute atomic E-state index is 13.7. The molecule has 34 heavy (non-hydrogen) atoms. The summed E-state index contributed by atoms with van der Waals surface area (Å²) in [5.41, 5.74) is -6.20. The molecule has 0 unspecified atom stereocenters. The van der Waals surface area contributed by atoms with E-state index in [1.54, 1.807) is 0 Å². The Kier molecular flexibility index (Phi) is 12.9. The van der Waals surface area contributed by atoms with Crippen LogP contribution in [0.25, 0.3) is 0 Å². The van der Waals surface area contributed by atoms with E-state index in [9.17, 15) is 52.7 Å². The Hall–Kier alpha value is -0.530. The Balaban J connectivity index is 4.63. The van der Waals surface area contributed by atoms with Gasteiger partial charge in [-0.3, -0.25) is 0 Å². The molecule has 0 radical (unpaired) electrons. The summed E-state index contributed by atoms with van der Waals surface area (Å²) >= 11 is 4.09. The minimum absolute atomic E-state index is 0.202. The van der Waals surface area contributed by atoms with Gasteiger partial charge in [-0.15, -0.1) is 0 Å². The fourth-order valence-corrected chi connectivity index (χ4v) is 3.14. The molecule has 14 heteroatoms. The lowest BCUT2D eigenvalue weighted by Crippen LogP contribution is -2.70. The van der Waals surface area contributed by atoms with Crippen molar-refractivity contribution < 1.29 is 57.4 Å². The second-order valence-corrected chi connectivity index (χ2v) is 8.64. The largest absolute Gasteiger partial charge is 0.428 e. The highest BCUT2D eigenvalue weighted by atomic mass is 32.1. The molecule has 0 aliphatic carbocycles. The van der Waals surface area contributed by atoms with E-state index in [0.29, 0.717) is 12.8 Å². The van der Waals surface area contributed by atoms with Gasteiger partial charge in [-0.1, -0.05) is 44.9 Å². The lowest BCUT2D eigenvalue weighted by Gasteiger charge is -2.41. The first-order chi connectivity index (χ1) is 15.3. The lowest BCUT2D eigenvalue weighted by molar-refractivity contribution is -0.412. The van der Waals surface area contributed by atoms with Gasteiger partial charge in [-0.2, -0.15) is 60.9 Å². The van der Waals surface area contributed by atoms with E-state index in [2.05, 4.69) is 17.4 Å². The first kappa shape index (κ1) is 33.5. The summed E-state index contributed by atoms with van der Waals surface area (Å²) in [4.78, 5) is 0. The predicted molar refractivity (Wildman–Crippen MR) is 106 cm³/mol. The Morgan fingerprint density at radius 2 is 0.941 bits per heavy atom. The van der Waals surface area contributed by atoms with Crippen molar-refractivity contribution in [3.05, 3.63) is 0 Å². The zero-order valence-corrected chi connectivity index (χ0v) is 19.5. The summed E-state index contributed by atoms with van der Waals surface area (Å²) in [5.74, 6) is -26.6. The van der Waals surface area contributed by atoms with Gasteiger partial charge in [0.1, 0.15) is 0 Å². The van der Waals surface area contributed by atoms with E-state index >= 15 is 0 Å². The fourth-order valence-electron chi connectivity index (χ4n) is 2.91. The molecule has 1 nitrogen and oxygen atoms in total. The first-order valence-corrected chi connectivity index (χ1v) is 11.4. The minimum atomic E-state index is -7.37. The normalized spacial score (nSPS) is 16.1. The number of rotatable bonds is 18. The van der Waals surface area contributed by atoms with Crippen LogP contribution >= 0.6 is 12.6 Å². The van der Waals surface area contributed by atoms with Crippen LogP contribution in [0.15, 0.2) is 0 Å². The minimum Gasteiger partial charge on any atom is -0.381 e. The van der Waals surface area contributed by atoms with E-state index in [1.165, 1.54) is 0 Å². The van der Waals surface area contributed by atoms with Crippen molar-refractivity contribution in [2.45, 2.75) is 107 Å². The van der Waals surface area contributed by atoms with Crippen molar-refractivity contribution in [2.75, 3.05) is 19.0 Å². The Bertz CT molecular complexity index is 578. The predicted octanol–water partition coefficient (Wildman–Crippen LogP) is 8.67. The first-order valence-electron chi connectivity index (χ1n) is 10.8. The van der Waals surface area contributed by atoms with E-state index in [4.69, 9.17) is 0 Å². The van der Waals surface area contributed by atoms with Crippen LogP contribution in [0.3, 0.4) is 0 Å². The lowest BCUT2D eigenvalue weighted by atomic mass is 9.87. The Labute approximate surface area is 196 Å². The third-order valence-corrected chi connectivity index (χ3v) is 5.69. The molecule has 0 spiro atoms. The van der Waals surface area contributed by atoms with Crippen LogP contribution in [0.5, 0.6) is 0 Å². The van der Waals surface area contributed by atoms with Gasteiger partial charge in [0, 0.05) is 13.0 Å². The molecular weight excluding hydrogens is 516 g/mol. The van der Waals surface area contributed by atoms with Crippen LogP contribution in [0.4, 0.5) is 52.7 Å². The fraction of sp³-hybridized carbons (Fsp3) is 1.00. The van der Waals surface area contributed by atoms with Crippen molar-refractivity contribution in [2.24, 2.45) is 0 Å². The number of alkyl halides is 12. The molecule has 0 aromatic rings. The van der Waals surface area contributed by atoms with Gasteiger partial charge < -0.3 is 4.74 Å². The molecule has 0 saturated heterocycles. The average molecular weight is 547 g/mol. The second kappa shape index (κ2) is 13.1. The third kappa shape index (κ3) is 7.99. The van der Waals surface area contributed by atoms with Crippen LogP contribution in [0, 0.1) is 0 Å². The van der Waals surface area contributed by atoms with Gasteiger partial charge in [-0.05, 0) is 25.5 Å². The molecule has 0 bridgehead atoms. The summed E-state index contributed by atoms with van der Waals surface area (Å²) in [6.07, 6.45) is -1.06. The maximum Gasteiger partial charge on any atom is 0.428 e. The molecule has 0 aliphatic heterocycles. The highest BCUT2D eigenvalue weighted by molar-refractivity contribution is 7.80. The number of ether oxygens (including phenoxy) is 1. The summed E-state index contributed by atoms with van der Waals surface area (Å²) in [7, 11) is 0. The van der Waals surface area contributed by atoms with Gasteiger partial charge in [-0.25, -0.2) is 4.39 Å². The SMILES string of the molecule is C[C@@](F)(C(F)(F)F)C(F)(F)C(F)(F)C(F)(F)C(F)(F)CCOCCCCCCCCCCCS. The molecule has 1 atom stereocenters. The van der Waals surface area contributed by atoms with Gasteiger partial charge in [0.25, 0.3) is 5.67 Å². The quantitative estimate of drug-likeness (QED) is 0.103. The van der Waals surface area contributed by atoms with Crippen molar-refractivity contribution in [1.29, 1.82) is 0 Å². The van der Waals surface area contributed by atoms with Crippen molar-refractivity contribution in [1.82, 2.24) is 0 Å².